The van der Waals surface area contributed by atoms with E-state index in [9.17, 15) is 4.79 Å². The molecular weight excluding hydrogens is 226 g/mol. The molecule has 0 aromatic carbocycles. The smallest absolute Gasteiger partial charge is 0.224 e. The highest BCUT2D eigenvalue weighted by molar-refractivity contribution is 5.78. The van der Waals surface area contributed by atoms with E-state index in [1.807, 2.05) is 19.1 Å². The number of carbonyl (C=O) groups excluding carboxylic acids is 1. The maximum atomic E-state index is 11.8. The molecule has 0 aliphatic rings. The lowest BCUT2D eigenvalue weighted by atomic mass is 10.1. The van der Waals surface area contributed by atoms with Crippen LogP contribution in [0.5, 0.6) is 0 Å². The van der Waals surface area contributed by atoms with Crippen molar-refractivity contribution < 1.29 is 4.79 Å². The van der Waals surface area contributed by atoms with Gasteiger partial charge in [0.2, 0.25) is 5.91 Å². The normalized spacial score (nSPS) is 12.2. The number of amides is 1. The fourth-order valence-corrected chi connectivity index (χ4v) is 1.77. The monoisotopic (exact) mass is 249 g/mol. The van der Waals surface area contributed by atoms with E-state index in [1.165, 1.54) is 0 Å². The molecule has 4 nitrogen and oxygen atoms in total. The van der Waals surface area contributed by atoms with E-state index in [1.54, 1.807) is 6.20 Å². The van der Waals surface area contributed by atoms with E-state index in [2.05, 4.69) is 17.2 Å². The van der Waals surface area contributed by atoms with E-state index >= 15 is 0 Å². The van der Waals surface area contributed by atoms with Crippen LogP contribution in [0, 0.1) is 6.92 Å². The number of nitrogens with one attached hydrogen (secondary N) is 1. The number of aryl methyl sites for hydroxylation is 1. The van der Waals surface area contributed by atoms with Gasteiger partial charge in [-0.15, -0.1) is 0 Å². The zero-order valence-corrected chi connectivity index (χ0v) is 11.3. The summed E-state index contributed by atoms with van der Waals surface area (Å²) in [5.41, 5.74) is 7.54. The van der Waals surface area contributed by atoms with Gasteiger partial charge in [0, 0.05) is 24.5 Å². The predicted octanol–water partition coefficient (Wildman–Crippen LogP) is 1.57. The number of nitrogens with zero attached hydrogens (tertiary/aromatic N) is 1. The van der Waals surface area contributed by atoms with E-state index in [4.69, 9.17) is 5.73 Å². The highest BCUT2D eigenvalue weighted by Crippen LogP contribution is 2.02. The number of rotatable bonds is 7. The third-order valence-electron chi connectivity index (χ3n) is 2.89. The lowest BCUT2D eigenvalue weighted by Gasteiger charge is -2.16. The summed E-state index contributed by atoms with van der Waals surface area (Å²) in [7, 11) is 0. The third-order valence-corrected chi connectivity index (χ3v) is 2.89. The van der Waals surface area contributed by atoms with Crippen LogP contribution in [-0.2, 0) is 11.2 Å². The van der Waals surface area contributed by atoms with Crippen LogP contribution in [0.25, 0.3) is 0 Å². The van der Waals surface area contributed by atoms with Crippen LogP contribution in [0.3, 0.4) is 0 Å². The van der Waals surface area contributed by atoms with Gasteiger partial charge in [0.15, 0.2) is 0 Å². The first-order valence-corrected chi connectivity index (χ1v) is 6.56. The molecule has 1 atom stereocenters. The van der Waals surface area contributed by atoms with Gasteiger partial charge in [-0.1, -0.05) is 25.8 Å². The van der Waals surface area contributed by atoms with Gasteiger partial charge in [-0.3, -0.25) is 9.78 Å². The van der Waals surface area contributed by atoms with Crippen molar-refractivity contribution in [3.8, 4) is 0 Å². The number of nitrogens with two attached hydrogens (primary N) is 1. The summed E-state index contributed by atoms with van der Waals surface area (Å²) < 4.78 is 0. The van der Waals surface area contributed by atoms with Gasteiger partial charge >= 0.3 is 0 Å². The number of pyridine rings is 1. The Morgan fingerprint density at radius 1 is 1.50 bits per heavy atom. The van der Waals surface area contributed by atoms with Gasteiger partial charge in [0.25, 0.3) is 0 Å². The SMILES string of the molecule is CCCCC(CN)NC(=O)Cc1ccc(C)nc1. The minimum absolute atomic E-state index is 0.0206. The van der Waals surface area contributed by atoms with Crippen molar-refractivity contribution in [3.63, 3.8) is 0 Å². The maximum absolute atomic E-state index is 11.8. The van der Waals surface area contributed by atoms with Crippen LogP contribution in [0.15, 0.2) is 18.3 Å². The Labute approximate surface area is 109 Å². The van der Waals surface area contributed by atoms with E-state index in [-0.39, 0.29) is 11.9 Å². The molecule has 1 aromatic heterocycles. The third kappa shape index (κ3) is 5.27. The van der Waals surface area contributed by atoms with Gasteiger partial charge in [0.05, 0.1) is 6.42 Å². The predicted molar refractivity (Wildman–Crippen MR) is 73.2 cm³/mol. The average molecular weight is 249 g/mol. The van der Waals surface area contributed by atoms with Crippen LogP contribution in [0.2, 0.25) is 0 Å². The van der Waals surface area contributed by atoms with E-state index in [0.29, 0.717) is 13.0 Å². The molecule has 100 valence electrons. The number of hydrogen-bond donors (Lipinski definition) is 2. The van der Waals surface area contributed by atoms with Crippen molar-refractivity contribution in [2.24, 2.45) is 5.73 Å². The standard InChI is InChI=1S/C14H23N3O/c1-3-4-5-13(9-15)17-14(18)8-12-7-6-11(2)16-10-12/h6-7,10,13H,3-5,8-9,15H2,1-2H3,(H,17,18). The van der Waals surface area contributed by atoms with Gasteiger partial charge < -0.3 is 11.1 Å². The fourth-order valence-electron chi connectivity index (χ4n) is 1.77. The number of aromatic nitrogens is 1. The summed E-state index contributed by atoms with van der Waals surface area (Å²) in [6, 6.07) is 3.95. The molecule has 0 aliphatic carbocycles. The van der Waals surface area contributed by atoms with E-state index in [0.717, 1.165) is 30.5 Å². The summed E-state index contributed by atoms with van der Waals surface area (Å²) in [5, 5.41) is 2.97. The van der Waals surface area contributed by atoms with Gasteiger partial charge in [-0.25, -0.2) is 0 Å². The Kier molecular flexibility index (Phi) is 6.36. The zero-order valence-electron chi connectivity index (χ0n) is 11.3. The molecule has 1 rings (SSSR count). The molecule has 1 unspecified atom stereocenters. The molecule has 0 radical (unpaired) electrons. The first-order chi connectivity index (χ1) is 8.65. The lowest BCUT2D eigenvalue weighted by molar-refractivity contribution is -0.121. The average Bonchev–Trinajstić information content (AvgIpc) is 2.37. The van der Waals surface area contributed by atoms with E-state index < -0.39 is 0 Å². The molecule has 1 heterocycles. The quantitative estimate of drug-likeness (QED) is 0.770. The molecule has 0 aliphatic heterocycles. The second-order valence-corrected chi connectivity index (χ2v) is 4.63. The minimum Gasteiger partial charge on any atom is -0.352 e. The summed E-state index contributed by atoms with van der Waals surface area (Å²) in [5.74, 6) is 0.0206. The van der Waals surface area contributed by atoms with Crippen LogP contribution < -0.4 is 11.1 Å². The fraction of sp³-hybridized carbons (Fsp3) is 0.571. The number of hydrogen-bond acceptors (Lipinski definition) is 3. The molecule has 18 heavy (non-hydrogen) atoms. The Morgan fingerprint density at radius 3 is 2.83 bits per heavy atom. The van der Waals surface area contributed by atoms with Crippen molar-refractivity contribution in [2.75, 3.05) is 6.54 Å². The molecular formula is C14H23N3O. The first-order valence-electron chi connectivity index (χ1n) is 6.56. The van der Waals surface area contributed by atoms with Gasteiger partial charge in [-0.2, -0.15) is 0 Å². The molecule has 0 spiro atoms. The van der Waals surface area contributed by atoms with Crippen molar-refractivity contribution in [2.45, 2.75) is 45.6 Å². The second kappa shape index (κ2) is 7.82. The highest BCUT2D eigenvalue weighted by atomic mass is 16.1. The van der Waals surface area contributed by atoms with Crippen molar-refractivity contribution in [3.05, 3.63) is 29.6 Å². The Balaban J connectivity index is 2.42. The Bertz CT molecular complexity index is 362. The van der Waals surface area contributed by atoms with Crippen LogP contribution in [0.1, 0.15) is 37.4 Å². The van der Waals surface area contributed by atoms with Crippen molar-refractivity contribution in [1.82, 2.24) is 10.3 Å². The summed E-state index contributed by atoms with van der Waals surface area (Å²) >= 11 is 0. The number of unbranched alkanes of at least 4 members (excludes halogenated alkanes) is 1. The first kappa shape index (κ1) is 14.6. The lowest BCUT2D eigenvalue weighted by Crippen LogP contribution is -2.40. The molecule has 0 fully saturated rings. The van der Waals surface area contributed by atoms with Crippen LogP contribution >= 0.6 is 0 Å². The highest BCUT2D eigenvalue weighted by Gasteiger charge is 2.10. The van der Waals surface area contributed by atoms with Crippen LogP contribution in [0.4, 0.5) is 0 Å². The summed E-state index contributed by atoms with van der Waals surface area (Å²) in [6.45, 7) is 4.56. The molecule has 4 heteroatoms. The minimum atomic E-state index is 0.0206. The van der Waals surface area contributed by atoms with Gasteiger partial charge in [-0.05, 0) is 25.0 Å². The Morgan fingerprint density at radius 2 is 2.28 bits per heavy atom. The molecule has 1 amide bonds. The van der Waals surface area contributed by atoms with Crippen LogP contribution in [-0.4, -0.2) is 23.5 Å². The second-order valence-electron chi connectivity index (χ2n) is 4.63. The van der Waals surface area contributed by atoms with Crippen molar-refractivity contribution in [1.29, 1.82) is 0 Å². The largest absolute Gasteiger partial charge is 0.352 e. The molecule has 0 bridgehead atoms. The van der Waals surface area contributed by atoms with Gasteiger partial charge in [0.1, 0.15) is 0 Å². The zero-order chi connectivity index (χ0) is 13.4. The molecule has 0 saturated heterocycles. The molecule has 3 N–H and O–H groups in total. The topological polar surface area (TPSA) is 68.0 Å². The molecule has 1 aromatic rings. The van der Waals surface area contributed by atoms with Crippen molar-refractivity contribution >= 4 is 5.91 Å². The Hall–Kier alpha value is -1.42. The number of carbonyl (C=O) groups is 1. The molecule has 0 saturated carbocycles. The summed E-state index contributed by atoms with van der Waals surface area (Å²) in [4.78, 5) is 16.0. The summed E-state index contributed by atoms with van der Waals surface area (Å²) in [6.07, 6.45) is 5.28. The maximum Gasteiger partial charge on any atom is 0.224 e.